The van der Waals surface area contributed by atoms with E-state index in [1.807, 2.05) is 38.1 Å². The van der Waals surface area contributed by atoms with Crippen LogP contribution in [0.5, 0.6) is 5.75 Å². The van der Waals surface area contributed by atoms with Crippen molar-refractivity contribution < 1.29 is 14.3 Å². The molecule has 0 radical (unpaired) electrons. The number of aromatic amines is 1. The molecule has 0 unspecified atom stereocenters. The van der Waals surface area contributed by atoms with Crippen LogP contribution in [0.25, 0.3) is 11.4 Å². The van der Waals surface area contributed by atoms with Crippen molar-refractivity contribution in [1.29, 1.82) is 0 Å². The van der Waals surface area contributed by atoms with E-state index < -0.39 is 0 Å². The number of benzene rings is 1. The van der Waals surface area contributed by atoms with Crippen molar-refractivity contribution >= 4 is 29.4 Å². The van der Waals surface area contributed by atoms with Crippen molar-refractivity contribution in [2.75, 3.05) is 18.2 Å². The molecule has 1 aliphatic rings. The van der Waals surface area contributed by atoms with Crippen LogP contribution in [0.15, 0.2) is 35.6 Å². The molecule has 2 N–H and O–H groups in total. The maximum atomic E-state index is 12.4. The van der Waals surface area contributed by atoms with E-state index >= 15 is 0 Å². The molecule has 1 aliphatic carbocycles. The number of carbonyl (C=O) groups excluding carboxylic acids is 2. The summed E-state index contributed by atoms with van der Waals surface area (Å²) in [6.07, 6.45) is 2.63. The number of hydrogen-bond donors (Lipinski definition) is 2. The van der Waals surface area contributed by atoms with Gasteiger partial charge in [0.1, 0.15) is 5.75 Å². The molecule has 0 aliphatic heterocycles. The summed E-state index contributed by atoms with van der Waals surface area (Å²) >= 11 is 1.19. The van der Waals surface area contributed by atoms with Crippen LogP contribution < -0.4 is 10.1 Å². The lowest BCUT2D eigenvalue weighted by Crippen LogP contribution is -2.28. The van der Waals surface area contributed by atoms with Crippen molar-refractivity contribution in [3.05, 3.63) is 41.7 Å². The molecule has 1 aromatic carbocycles. The quantitative estimate of drug-likeness (QED) is 0.563. The minimum Gasteiger partial charge on any atom is -0.496 e. The lowest BCUT2D eigenvalue weighted by Gasteiger charge is -2.29. The van der Waals surface area contributed by atoms with E-state index in [0.717, 1.165) is 5.56 Å². The average Bonchev–Trinajstić information content (AvgIpc) is 3.20. The fourth-order valence-electron chi connectivity index (χ4n) is 3.45. The average molecular weight is 439 g/mol. The van der Waals surface area contributed by atoms with E-state index in [9.17, 15) is 9.59 Å². The number of Topliss-reactive ketones (excluding diaryl/α,β-unsaturated/α-hetero) is 1. The van der Waals surface area contributed by atoms with Crippen LogP contribution in [0.2, 0.25) is 0 Å². The first-order chi connectivity index (χ1) is 14.8. The van der Waals surface area contributed by atoms with Crippen molar-refractivity contribution in [1.82, 2.24) is 25.1 Å². The number of aromatic nitrogens is 5. The molecule has 160 valence electrons. The van der Waals surface area contributed by atoms with Crippen LogP contribution in [-0.2, 0) is 11.2 Å². The van der Waals surface area contributed by atoms with Gasteiger partial charge in [-0.05, 0) is 24.0 Å². The molecular formula is C21H22N6O3S. The number of ether oxygens (including phenoxy) is 1. The Hall–Kier alpha value is -3.27. The molecular weight excluding hydrogens is 416 g/mol. The van der Waals surface area contributed by atoms with Gasteiger partial charge in [-0.3, -0.25) is 20.0 Å². The zero-order valence-corrected chi connectivity index (χ0v) is 18.2. The van der Waals surface area contributed by atoms with Gasteiger partial charge in [-0.1, -0.05) is 37.7 Å². The number of anilines is 1. The summed E-state index contributed by atoms with van der Waals surface area (Å²) in [7, 11) is 1.59. The number of hydrogen-bond acceptors (Lipinski definition) is 8. The summed E-state index contributed by atoms with van der Waals surface area (Å²) in [4.78, 5) is 37.5. The normalized spacial score (nSPS) is 14.7. The minimum atomic E-state index is -0.282. The van der Waals surface area contributed by atoms with E-state index in [4.69, 9.17) is 4.74 Å². The number of methoxy groups -OCH3 is 1. The Morgan fingerprint density at radius 3 is 2.84 bits per heavy atom. The van der Waals surface area contributed by atoms with Crippen molar-refractivity contribution in [3.8, 4) is 17.1 Å². The molecule has 31 heavy (non-hydrogen) atoms. The molecule has 0 fully saturated rings. The highest BCUT2D eigenvalue weighted by atomic mass is 32.2. The standard InChI is InChI=1S/C21H22N6O3S/c1-21(2)8-14-13(15(28)9-21)10-22-19(23-14)24-17(29)11-31-20-25-18(26-27-20)12-6-4-5-7-16(12)30-3/h4-7,10H,8-9,11H2,1-3H3,(H,25,26,27)(H,22,23,24,29). The Morgan fingerprint density at radius 1 is 1.23 bits per heavy atom. The molecule has 0 saturated carbocycles. The van der Waals surface area contributed by atoms with Gasteiger partial charge < -0.3 is 4.74 Å². The maximum absolute atomic E-state index is 12.4. The molecule has 0 atom stereocenters. The van der Waals surface area contributed by atoms with Crippen molar-refractivity contribution in [2.45, 2.75) is 31.8 Å². The number of fused-ring (bicyclic) bond motifs is 1. The van der Waals surface area contributed by atoms with Crippen molar-refractivity contribution in [2.24, 2.45) is 5.41 Å². The van der Waals surface area contributed by atoms with Crippen LogP contribution in [0.1, 0.15) is 36.3 Å². The zero-order chi connectivity index (χ0) is 22.0. The smallest absolute Gasteiger partial charge is 0.237 e. The van der Waals surface area contributed by atoms with E-state index in [1.54, 1.807) is 7.11 Å². The molecule has 3 aromatic rings. The Balaban J connectivity index is 1.38. The zero-order valence-electron chi connectivity index (χ0n) is 17.4. The summed E-state index contributed by atoms with van der Waals surface area (Å²) < 4.78 is 5.34. The van der Waals surface area contributed by atoms with Gasteiger partial charge >= 0.3 is 0 Å². The van der Waals surface area contributed by atoms with E-state index in [0.29, 0.717) is 40.8 Å². The predicted molar refractivity (Wildman–Crippen MR) is 116 cm³/mol. The second kappa shape index (κ2) is 8.46. The molecule has 2 aromatic heterocycles. The fourth-order valence-corrected chi connectivity index (χ4v) is 4.05. The van der Waals surface area contributed by atoms with Gasteiger partial charge in [0.15, 0.2) is 11.6 Å². The highest BCUT2D eigenvalue weighted by molar-refractivity contribution is 7.99. The van der Waals surface area contributed by atoms with Gasteiger partial charge in [-0.15, -0.1) is 5.10 Å². The number of para-hydroxylation sites is 1. The molecule has 2 heterocycles. The second-order valence-electron chi connectivity index (χ2n) is 8.00. The number of carbonyl (C=O) groups is 2. The molecule has 10 heteroatoms. The Kier molecular flexibility index (Phi) is 5.73. The highest BCUT2D eigenvalue weighted by Crippen LogP contribution is 2.33. The monoisotopic (exact) mass is 438 g/mol. The third-order valence-corrected chi connectivity index (χ3v) is 5.71. The van der Waals surface area contributed by atoms with Gasteiger partial charge in [0.05, 0.1) is 29.7 Å². The second-order valence-corrected chi connectivity index (χ2v) is 8.94. The van der Waals surface area contributed by atoms with Gasteiger partial charge in [0.25, 0.3) is 0 Å². The number of thioether (sulfide) groups is 1. The first kappa shape index (κ1) is 21.0. The summed E-state index contributed by atoms with van der Waals surface area (Å²) in [5.74, 6) is 1.28. The Labute approximate surface area is 183 Å². The summed E-state index contributed by atoms with van der Waals surface area (Å²) in [5, 5.41) is 10.1. The largest absolute Gasteiger partial charge is 0.496 e. The number of H-pyrrole nitrogens is 1. The lowest BCUT2D eigenvalue weighted by molar-refractivity contribution is -0.113. The predicted octanol–water partition coefficient (Wildman–Crippen LogP) is 3.16. The maximum Gasteiger partial charge on any atom is 0.237 e. The number of rotatable bonds is 6. The SMILES string of the molecule is COc1ccccc1-c1nc(SCC(=O)Nc2ncc3c(n2)CC(C)(C)CC3=O)n[nH]1. The molecule has 0 spiro atoms. The number of nitrogens with zero attached hydrogens (tertiary/aromatic N) is 4. The van der Waals surface area contributed by atoms with Gasteiger partial charge in [-0.25, -0.2) is 15.0 Å². The van der Waals surface area contributed by atoms with E-state index in [2.05, 4.69) is 30.5 Å². The van der Waals surface area contributed by atoms with Crippen LogP contribution >= 0.6 is 11.8 Å². The number of ketones is 1. The van der Waals surface area contributed by atoms with E-state index in [1.165, 1.54) is 18.0 Å². The summed E-state index contributed by atoms with van der Waals surface area (Å²) in [6.45, 7) is 4.06. The minimum absolute atomic E-state index is 0.0372. The van der Waals surface area contributed by atoms with Crippen LogP contribution in [0.4, 0.5) is 5.95 Å². The van der Waals surface area contributed by atoms with Crippen LogP contribution in [-0.4, -0.2) is 49.7 Å². The number of nitrogens with one attached hydrogen (secondary N) is 2. The first-order valence-corrected chi connectivity index (χ1v) is 10.7. The van der Waals surface area contributed by atoms with Crippen molar-refractivity contribution in [3.63, 3.8) is 0 Å². The topological polar surface area (TPSA) is 123 Å². The lowest BCUT2D eigenvalue weighted by atomic mass is 9.76. The molecule has 1 amide bonds. The summed E-state index contributed by atoms with van der Waals surface area (Å²) in [6, 6.07) is 7.47. The third-order valence-electron chi connectivity index (χ3n) is 4.86. The Bertz CT molecular complexity index is 1140. The molecule has 0 saturated heterocycles. The Morgan fingerprint density at radius 2 is 2.03 bits per heavy atom. The molecule has 4 rings (SSSR count). The van der Waals surface area contributed by atoms with Gasteiger partial charge in [-0.2, -0.15) is 0 Å². The first-order valence-electron chi connectivity index (χ1n) is 9.72. The molecule has 9 nitrogen and oxygen atoms in total. The summed E-state index contributed by atoms with van der Waals surface area (Å²) in [5.41, 5.74) is 1.85. The highest BCUT2D eigenvalue weighted by Gasteiger charge is 2.32. The fraction of sp³-hybridized carbons (Fsp3) is 0.333. The number of amides is 1. The third kappa shape index (κ3) is 4.74. The molecule has 0 bridgehead atoms. The van der Waals surface area contributed by atoms with Gasteiger partial charge in [0, 0.05) is 12.6 Å². The van der Waals surface area contributed by atoms with Crippen LogP contribution in [0.3, 0.4) is 0 Å². The van der Waals surface area contributed by atoms with Crippen LogP contribution in [0, 0.1) is 5.41 Å². The van der Waals surface area contributed by atoms with Gasteiger partial charge in [0.2, 0.25) is 17.0 Å². The van der Waals surface area contributed by atoms with E-state index in [-0.39, 0.29) is 28.8 Å².